The van der Waals surface area contributed by atoms with Gasteiger partial charge in [0.15, 0.2) is 0 Å². The first-order valence-electron chi connectivity index (χ1n) is 7.01. The van der Waals surface area contributed by atoms with Gasteiger partial charge in [0.25, 0.3) is 0 Å². The summed E-state index contributed by atoms with van der Waals surface area (Å²) in [6.45, 7) is 4.35. The van der Waals surface area contributed by atoms with Crippen LogP contribution in [0.4, 0.5) is 0 Å². The number of hydrogen-bond acceptors (Lipinski definition) is 2. The van der Waals surface area contributed by atoms with Crippen molar-refractivity contribution in [2.45, 2.75) is 45.3 Å². The van der Waals surface area contributed by atoms with Crippen molar-refractivity contribution >= 4 is 0 Å². The highest BCUT2D eigenvalue weighted by molar-refractivity contribution is 5.19. The zero-order valence-corrected chi connectivity index (χ0v) is 11.7. The fourth-order valence-corrected chi connectivity index (χ4v) is 2.34. The molecule has 0 saturated carbocycles. The van der Waals surface area contributed by atoms with E-state index >= 15 is 0 Å². The van der Waals surface area contributed by atoms with Crippen molar-refractivity contribution in [2.24, 2.45) is 0 Å². The van der Waals surface area contributed by atoms with E-state index in [0.29, 0.717) is 12.5 Å². The molecule has 0 saturated heterocycles. The minimum atomic E-state index is -0.480. The summed E-state index contributed by atoms with van der Waals surface area (Å²) in [5.41, 5.74) is 1.89. The molecule has 2 rings (SSSR count). The molecule has 0 bridgehead atoms. The third-order valence-corrected chi connectivity index (χ3v) is 3.57. The second-order valence-electron chi connectivity index (χ2n) is 4.89. The minimum Gasteiger partial charge on any atom is -0.388 e. The molecule has 0 aliphatic rings. The lowest BCUT2D eigenvalue weighted by atomic mass is 10.1. The van der Waals surface area contributed by atoms with E-state index < -0.39 is 6.10 Å². The van der Waals surface area contributed by atoms with Crippen LogP contribution in [0.5, 0.6) is 0 Å². The van der Waals surface area contributed by atoms with Gasteiger partial charge in [-0.25, -0.2) is 0 Å². The molecular formula is C16H22N2O. The van der Waals surface area contributed by atoms with E-state index in [9.17, 15) is 5.11 Å². The van der Waals surface area contributed by atoms with Gasteiger partial charge in [-0.1, -0.05) is 44.2 Å². The Kier molecular flexibility index (Phi) is 4.74. The quantitative estimate of drug-likeness (QED) is 0.861. The van der Waals surface area contributed by atoms with Gasteiger partial charge in [0.2, 0.25) is 0 Å². The van der Waals surface area contributed by atoms with Gasteiger partial charge in [-0.3, -0.25) is 4.68 Å². The number of benzene rings is 1. The number of nitrogens with zero attached hydrogens (tertiary/aromatic N) is 2. The molecule has 0 fully saturated rings. The topological polar surface area (TPSA) is 38.0 Å². The average Bonchev–Trinajstić information content (AvgIpc) is 2.89. The third-order valence-electron chi connectivity index (χ3n) is 3.57. The zero-order valence-electron chi connectivity index (χ0n) is 11.7. The van der Waals surface area contributed by atoms with E-state index in [4.69, 9.17) is 0 Å². The summed E-state index contributed by atoms with van der Waals surface area (Å²) < 4.78 is 2.02. The van der Waals surface area contributed by atoms with Crippen LogP contribution >= 0.6 is 0 Å². The fourth-order valence-electron chi connectivity index (χ4n) is 2.34. The Labute approximate surface area is 114 Å². The lowest BCUT2D eigenvalue weighted by Crippen LogP contribution is -2.09. The van der Waals surface area contributed by atoms with Crippen LogP contribution in [0.15, 0.2) is 42.6 Å². The van der Waals surface area contributed by atoms with Gasteiger partial charge in [-0.05, 0) is 24.5 Å². The number of hydrogen-bond donors (Lipinski definition) is 1. The van der Waals surface area contributed by atoms with Gasteiger partial charge in [0, 0.05) is 12.6 Å². The predicted octanol–water partition coefficient (Wildman–Crippen LogP) is 3.52. The SMILES string of the molecule is CCC(CC)n1ccc(CC(O)c2ccccc2)n1. The lowest BCUT2D eigenvalue weighted by molar-refractivity contribution is 0.176. The Balaban J connectivity index is 2.04. The van der Waals surface area contributed by atoms with Gasteiger partial charge < -0.3 is 5.11 Å². The highest BCUT2D eigenvalue weighted by Gasteiger charge is 2.12. The van der Waals surface area contributed by atoms with E-state index in [0.717, 1.165) is 24.1 Å². The third kappa shape index (κ3) is 3.44. The monoisotopic (exact) mass is 258 g/mol. The van der Waals surface area contributed by atoms with Crippen molar-refractivity contribution in [2.75, 3.05) is 0 Å². The molecule has 0 amide bonds. The summed E-state index contributed by atoms with van der Waals surface area (Å²) in [4.78, 5) is 0. The molecule has 1 atom stereocenters. The second-order valence-corrected chi connectivity index (χ2v) is 4.89. The first kappa shape index (κ1) is 13.8. The standard InChI is InChI=1S/C16H22N2O/c1-3-15(4-2)18-11-10-14(17-18)12-16(19)13-8-6-5-7-9-13/h5-11,15-16,19H,3-4,12H2,1-2H3. The highest BCUT2D eigenvalue weighted by atomic mass is 16.3. The molecule has 2 aromatic rings. The van der Waals surface area contributed by atoms with Crippen LogP contribution in [0, 0.1) is 0 Å². The van der Waals surface area contributed by atoms with Gasteiger partial charge in [-0.2, -0.15) is 5.10 Å². The molecule has 3 heteroatoms. The first-order valence-corrected chi connectivity index (χ1v) is 7.01. The van der Waals surface area contributed by atoms with Crippen LogP contribution in [-0.2, 0) is 6.42 Å². The molecule has 0 aliphatic carbocycles. The van der Waals surface area contributed by atoms with Crippen molar-refractivity contribution in [3.05, 3.63) is 53.9 Å². The van der Waals surface area contributed by atoms with Gasteiger partial charge in [-0.15, -0.1) is 0 Å². The van der Waals surface area contributed by atoms with Crippen LogP contribution in [-0.4, -0.2) is 14.9 Å². The Bertz CT molecular complexity index is 488. The van der Waals surface area contributed by atoms with Crippen molar-refractivity contribution < 1.29 is 5.11 Å². The second kappa shape index (κ2) is 6.53. The fraction of sp³-hybridized carbons (Fsp3) is 0.438. The molecule has 1 aromatic carbocycles. The van der Waals surface area contributed by atoms with Crippen LogP contribution < -0.4 is 0 Å². The van der Waals surface area contributed by atoms with E-state index in [1.165, 1.54) is 0 Å². The van der Waals surface area contributed by atoms with Crippen LogP contribution in [0.2, 0.25) is 0 Å². The summed E-state index contributed by atoms with van der Waals surface area (Å²) >= 11 is 0. The largest absolute Gasteiger partial charge is 0.388 e. The van der Waals surface area contributed by atoms with Gasteiger partial charge in [0.05, 0.1) is 17.8 Å². The number of aromatic nitrogens is 2. The molecule has 3 nitrogen and oxygen atoms in total. The summed E-state index contributed by atoms with van der Waals surface area (Å²) in [6, 6.07) is 12.2. The molecule has 1 N–H and O–H groups in total. The van der Waals surface area contributed by atoms with Crippen LogP contribution in [0.3, 0.4) is 0 Å². The van der Waals surface area contributed by atoms with E-state index in [1.807, 2.05) is 47.3 Å². The molecule has 1 unspecified atom stereocenters. The van der Waals surface area contributed by atoms with E-state index in [1.54, 1.807) is 0 Å². The molecule has 0 aliphatic heterocycles. The first-order chi connectivity index (χ1) is 9.24. The molecule has 19 heavy (non-hydrogen) atoms. The summed E-state index contributed by atoms with van der Waals surface area (Å²) in [5.74, 6) is 0. The summed E-state index contributed by atoms with van der Waals surface area (Å²) in [5, 5.41) is 14.8. The normalized spacial score (nSPS) is 12.8. The van der Waals surface area contributed by atoms with Gasteiger partial charge >= 0.3 is 0 Å². The molecular weight excluding hydrogens is 236 g/mol. The maximum atomic E-state index is 10.2. The predicted molar refractivity (Wildman–Crippen MR) is 77.0 cm³/mol. The molecule has 1 aromatic heterocycles. The van der Waals surface area contributed by atoms with Gasteiger partial charge in [0.1, 0.15) is 0 Å². The summed E-state index contributed by atoms with van der Waals surface area (Å²) in [7, 11) is 0. The minimum absolute atomic E-state index is 0.461. The van der Waals surface area contributed by atoms with Crippen molar-refractivity contribution in [3.63, 3.8) is 0 Å². The Morgan fingerprint density at radius 1 is 1.11 bits per heavy atom. The maximum absolute atomic E-state index is 10.2. The maximum Gasteiger partial charge on any atom is 0.0846 e. The van der Waals surface area contributed by atoms with E-state index in [-0.39, 0.29) is 0 Å². The summed E-state index contributed by atoms with van der Waals surface area (Å²) in [6.07, 6.45) is 4.27. The molecule has 1 heterocycles. The van der Waals surface area contributed by atoms with Crippen LogP contribution in [0.1, 0.15) is 50.1 Å². The Morgan fingerprint density at radius 2 is 1.79 bits per heavy atom. The van der Waals surface area contributed by atoms with Crippen molar-refractivity contribution in [1.82, 2.24) is 9.78 Å². The molecule has 0 radical (unpaired) electrons. The Morgan fingerprint density at radius 3 is 2.42 bits per heavy atom. The van der Waals surface area contributed by atoms with Crippen molar-refractivity contribution in [1.29, 1.82) is 0 Å². The van der Waals surface area contributed by atoms with Crippen molar-refractivity contribution in [3.8, 4) is 0 Å². The number of aliphatic hydroxyl groups excluding tert-OH is 1. The van der Waals surface area contributed by atoms with E-state index in [2.05, 4.69) is 18.9 Å². The Hall–Kier alpha value is -1.61. The number of rotatable bonds is 6. The zero-order chi connectivity index (χ0) is 13.7. The smallest absolute Gasteiger partial charge is 0.0846 e. The molecule has 0 spiro atoms. The lowest BCUT2D eigenvalue weighted by Gasteiger charge is -2.13. The number of aliphatic hydroxyl groups is 1. The molecule has 102 valence electrons. The van der Waals surface area contributed by atoms with Crippen LogP contribution in [0.25, 0.3) is 0 Å². The average molecular weight is 258 g/mol. The highest BCUT2D eigenvalue weighted by Crippen LogP contribution is 2.19.